The first-order chi connectivity index (χ1) is 7.76. The molecule has 0 fully saturated rings. The number of aliphatic hydroxyl groups is 1. The van der Waals surface area contributed by atoms with E-state index in [1.54, 1.807) is 0 Å². The topological polar surface area (TPSA) is 51.2 Å². The largest absolute Gasteiger partial charge is 0.396 e. The molecule has 1 heterocycles. The second-order valence-corrected chi connectivity index (χ2v) is 4.31. The van der Waals surface area contributed by atoms with Crippen molar-refractivity contribution in [3.05, 3.63) is 36.0 Å². The molecule has 16 heavy (non-hydrogen) atoms. The molecule has 0 aliphatic carbocycles. The number of nitrogens with two attached hydrogens (primary N) is 1. The highest BCUT2D eigenvalue weighted by Gasteiger charge is 2.07. The quantitative estimate of drug-likeness (QED) is 0.821. The molecule has 0 saturated carbocycles. The van der Waals surface area contributed by atoms with Crippen LogP contribution in [0.4, 0.5) is 0 Å². The Labute approximate surface area is 95.5 Å². The summed E-state index contributed by atoms with van der Waals surface area (Å²) in [5, 5.41) is 10.3. The molecule has 0 aliphatic heterocycles. The van der Waals surface area contributed by atoms with Gasteiger partial charge < -0.3 is 15.4 Å². The van der Waals surface area contributed by atoms with Crippen LogP contribution in [0.3, 0.4) is 0 Å². The molecule has 0 radical (unpaired) electrons. The van der Waals surface area contributed by atoms with Crippen molar-refractivity contribution >= 4 is 10.9 Å². The third-order valence-corrected chi connectivity index (χ3v) is 2.94. The fraction of sp³-hybridized carbons (Fsp3) is 0.385. The molecule has 3 heteroatoms. The fourth-order valence-corrected chi connectivity index (χ4v) is 2.02. The third kappa shape index (κ3) is 1.96. The summed E-state index contributed by atoms with van der Waals surface area (Å²) < 4.78 is 2.18. The van der Waals surface area contributed by atoms with Crippen molar-refractivity contribution in [1.82, 2.24) is 4.57 Å². The van der Waals surface area contributed by atoms with Crippen molar-refractivity contribution in [2.24, 2.45) is 11.7 Å². The lowest BCUT2D eigenvalue weighted by Crippen LogP contribution is -2.10. The van der Waals surface area contributed by atoms with Crippen LogP contribution in [0.2, 0.25) is 0 Å². The molecule has 0 spiro atoms. The number of nitrogens with zero attached hydrogens (tertiary/aromatic N) is 1. The molecule has 1 aromatic carbocycles. The van der Waals surface area contributed by atoms with E-state index < -0.39 is 0 Å². The maximum absolute atomic E-state index is 9.07. The van der Waals surface area contributed by atoms with Crippen LogP contribution < -0.4 is 5.73 Å². The lowest BCUT2D eigenvalue weighted by Gasteiger charge is -2.10. The van der Waals surface area contributed by atoms with E-state index >= 15 is 0 Å². The van der Waals surface area contributed by atoms with Crippen LogP contribution >= 0.6 is 0 Å². The molecule has 1 atom stereocenters. The van der Waals surface area contributed by atoms with Crippen LogP contribution in [-0.4, -0.2) is 16.3 Å². The minimum Gasteiger partial charge on any atom is -0.396 e. The van der Waals surface area contributed by atoms with Gasteiger partial charge in [-0.05, 0) is 23.6 Å². The van der Waals surface area contributed by atoms with Crippen LogP contribution in [0.5, 0.6) is 0 Å². The molecule has 0 bridgehead atoms. The lowest BCUT2D eigenvalue weighted by molar-refractivity contribution is 0.224. The Balaban J connectivity index is 2.41. The first-order valence-corrected chi connectivity index (χ1v) is 5.64. The van der Waals surface area contributed by atoms with Gasteiger partial charge in [0.05, 0.1) is 0 Å². The van der Waals surface area contributed by atoms with Crippen molar-refractivity contribution in [1.29, 1.82) is 0 Å². The number of aromatic nitrogens is 1. The number of benzene rings is 1. The molecule has 2 aromatic rings. The average molecular weight is 218 g/mol. The zero-order valence-corrected chi connectivity index (χ0v) is 9.56. The van der Waals surface area contributed by atoms with Gasteiger partial charge in [0, 0.05) is 36.8 Å². The Morgan fingerprint density at radius 1 is 1.38 bits per heavy atom. The maximum atomic E-state index is 9.07. The molecule has 86 valence electrons. The van der Waals surface area contributed by atoms with Gasteiger partial charge in [-0.1, -0.05) is 19.1 Å². The molecular weight excluding hydrogens is 200 g/mol. The van der Waals surface area contributed by atoms with Crippen LogP contribution in [-0.2, 0) is 13.1 Å². The minimum atomic E-state index is 0.219. The summed E-state index contributed by atoms with van der Waals surface area (Å²) in [6, 6.07) is 8.28. The molecule has 2 rings (SSSR count). The van der Waals surface area contributed by atoms with Crippen LogP contribution in [0.25, 0.3) is 10.9 Å². The molecule has 0 saturated heterocycles. The predicted octanol–water partition coefficient (Wildman–Crippen LogP) is 1.73. The van der Waals surface area contributed by atoms with E-state index in [-0.39, 0.29) is 12.5 Å². The summed E-state index contributed by atoms with van der Waals surface area (Å²) in [6.45, 7) is 3.67. The number of hydrogen-bond donors (Lipinski definition) is 2. The predicted molar refractivity (Wildman–Crippen MR) is 66.1 cm³/mol. The zero-order valence-electron chi connectivity index (χ0n) is 9.56. The van der Waals surface area contributed by atoms with Gasteiger partial charge in [0.2, 0.25) is 0 Å². The Hall–Kier alpha value is -1.32. The van der Waals surface area contributed by atoms with E-state index in [2.05, 4.69) is 29.0 Å². The Kier molecular flexibility index (Phi) is 3.27. The summed E-state index contributed by atoms with van der Waals surface area (Å²) in [5.74, 6) is 0.275. The van der Waals surface area contributed by atoms with Crippen molar-refractivity contribution in [3.8, 4) is 0 Å². The monoisotopic (exact) mass is 218 g/mol. The standard InChI is InChI=1S/C13H18N2O/c1-10(9-16)8-15-6-5-12-11(7-14)3-2-4-13(12)15/h2-6,10,16H,7-9,14H2,1H3. The summed E-state index contributed by atoms with van der Waals surface area (Å²) in [7, 11) is 0. The van der Waals surface area contributed by atoms with E-state index in [1.807, 2.05) is 13.0 Å². The first-order valence-electron chi connectivity index (χ1n) is 5.64. The van der Waals surface area contributed by atoms with Gasteiger partial charge in [-0.2, -0.15) is 0 Å². The maximum Gasteiger partial charge on any atom is 0.0483 e. The highest BCUT2D eigenvalue weighted by atomic mass is 16.3. The molecule has 3 N–H and O–H groups in total. The Bertz CT molecular complexity index is 476. The van der Waals surface area contributed by atoms with Crippen molar-refractivity contribution in [2.75, 3.05) is 6.61 Å². The van der Waals surface area contributed by atoms with Crippen LogP contribution in [0, 0.1) is 5.92 Å². The zero-order chi connectivity index (χ0) is 11.5. The summed E-state index contributed by atoms with van der Waals surface area (Å²) in [4.78, 5) is 0. The van der Waals surface area contributed by atoms with Gasteiger partial charge in [0.15, 0.2) is 0 Å². The van der Waals surface area contributed by atoms with E-state index in [9.17, 15) is 0 Å². The summed E-state index contributed by atoms with van der Waals surface area (Å²) in [6.07, 6.45) is 2.07. The number of fused-ring (bicyclic) bond motifs is 1. The van der Waals surface area contributed by atoms with Gasteiger partial charge in [-0.3, -0.25) is 0 Å². The number of rotatable bonds is 4. The lowest BCUT2D eigenvalue weighted by atomic mass is 10.1. The van der Waals surface area contributed by atoms with Gasteiger partial charge in [-0.25, -0.2) is 0 Å². The van der Waals surface area contributed by atoms with E-state index in [1.165, 1.54) is 16.5 Å². The number of aliphatic hydroxyl groups excluding tert-OH is 1. The van der Waals surface area contributed by atoms with Crippen LogP contribution in [0.1, 0.15) is 12.5 Å². The highest BCUT2D eigenvalue weighted by Crippen LogP contribution is 2.20. The molecule has 1 unspecified atom stereocenters. The average Bonchev–Trinajstić information content (AvgIpc) is 2.72. The SMILES string of the molecule is CC(CO)Cn1ccc2c(CN)cccc21. The summed E-state index contributed by atoms with van der Waals surface area (Å²) >= 11 is 0. The Morgan fingerprint density at radius 2 is 2.19 bits per heavy atom. The van der Waals surface area contributed by atoms with E-state index in [0.29, 0.717) is 6.54 Å². The van der Waals surface area contributed by atoms with Gasteiger partial charge >= 0.3 is 0 Å². The second kappa shape index (κ2) is 4.68. The van der Waals surface area contributed by atoms with E-state index in [4.69, 9.17) is 10.8 Å². The third-order valence-electron chi connectivity index (χ3n) is 2.94. The first kappa shape index (κ1) is 11.2. The molecule has 3 nitrogen and oxygen atoms in total. The molecule has 1 aromatic heterocycles. The minimum absolute atomic E-state index is 0.219. The van der Waals surface area contributed by atoms with Gasteiger partial charge in [0.1, 0.15) is 0 Å². The second-order valence-electron chi connectivity index (χ2n) is 4.31. The van der Waals surface area contributed by atoms with Crippen molar-refractivity contribution < 1.29 is 5.11 Å². The van der Waals surface area contributed by atoms with E-state index in [0.717, 1.165) is 6.54 Å². The molecule has 0 aliphatic rings. The van der Waals surface area contributed by atoms with Crippen LogP contribution in [0.15, 0.2) is 30.5 Å². The Morgan fingerprint density at radius 3 is 2.88 bits per heavy atom. The smallest absolute Gasteiger partial charge is 0.0483 e. The number of hydrogen-bond acceptors (Lipinski definition) is 2. The van der Waals surface area contributed by atoms with Crippen molar-refractivity contribution in [2.45, 2.75) is 20.0 Å². The summed E-state index contributed by atoms with van der Waals surface area (Å²) in [5.41, 5.74) is 8.07. The fourth-order valence-electron chi connectivity index (χ4n) is 2.02. The molecular formula is C13H18N2O. The molecule has 0 amide bonds. The normalized spacial score (nSPS) is 13.2. The van der Waals surface area contributed by atoms with Gasteiger partial charge in [-0.15, -0.1) is 0 Å². The van der Waals surface area contributed by atoms with Gasteiger partial charge in [0.25, 0.3) is 0 Å². The highest BCUT2D eigenvalue weighted by molar-refractivity contribution is 5.83. The van der Waals surface area contributed by atoms with Crippen molar-refractivity contribution in [3.63, 3.8) is 0 Å².